The van der Waals surface area contributed by atoms with Crippen LogP contribution in [0.5, 0.6) is 0 Å². The van der Waals surface area contributed by atoms with Crippen molar-refractivity contribution in [1.29, 1.82) is 0 Å². The van der Waals surface area contributed by atoms with Gasteiger partial charge in [-0.1, -0.05) is 6.92 Å². The summed E-state index contributed by atoms with van der Waals surface area (Å²) in [6.07, 6.45) is 1.81. The van der Waals surface area contributed by atoms with Gasteiger partial charge in [0, 0.05) is 19.3 Å². The Morgan fingerprint density at radius 1 is 1.58 bits per heavy atom. The summed E-state index contributed by atoms with van der Waals surface area (Å²) in [6, 6.07) is 3.52. The summed E-state index contributed by atoms with van der Waals surface area (Å²) in [5.41, 5.74) is 1.09. The number of aromatic carboxylic acids is 1. The summed E-state index contributed by atoms with van der Waals surface area (Å²) in [5.74, 6) is -0.207. The Hall–Kier alpha value is -1.62. The lowest BCUT2D eigenvalue weighted by Gasteiger charge is -2.28. The van der Waals surface area contributed by atoms with Crippen molar-refractivity contribution in [3.8, 4) is 0 Å². The Morgan fingerprint density at radius 3 is 2.84 bits per heavy atom. The van der Waals surface area contributed by atoms with Crippen LogP contribution >= 0.6 is 0 Å². The molecular weight excluding hydrogens is 244 g/mol. The van der Waals surface area contributed by atoms with Crippen LogP contribution in [-0.2, 0) is 11.2 Å². The molecule has 0 aromatic carbocycles. The highest BCUT2D eigenvalue weighted by atomic mass is 16.5. The molecule has 0 bridgehead atoms. The van der Waals surface area contributed by atoms with Crippen molar-refractivity contribution in [2.24, 2.45) is 0 Å². The zero-order chi connectivity index (χ0) is 14.0. The molecule has 2 atom stereocenters. The minimum absolute atomic E-state index is 0.144. The summed E-state index contributed by atoms with van der Waals surface area (Å²) < 4.78 is 5.56. The molecule has 0 spiro atoms. The number of anilines is 1. The van der Waals surface area contributed by atoms with Crippen LogP contribution in [-0.4, -0.2) is 41.9 Å². The fourth-order valence-corrected chi connectivity index (χ4v) is 2.46. The third-order valence-corrected chi connectivity index (χ3v) is 3.67. The summed E-state index contributed by atoms with van der Waals surface area (Å²) in [7, 11) is 1.95. The summed E-state index contributed by atoms with van der Waals surface area (Å²) >= 11 is 0. The van der Waals surface area contributed by atoms with Gasteiger partial charge < -0.3 is 14.7 Å². The summed E-state index contributed by atoms with van der Waals surface area (Å²) in [6.45, 7) is 4.75. The molecule has 1 aromatic heterocycles. The van der Waals surface area contributed by atoms with E-state index in [0.29, 0.717) is 11.4 Å². The standard InChI is InChI=1S/C14H20N2O3/c1-4-11-7-10(14(17)18)8-13(15-11)16(3)12-5-6-19-9(12)2/h7-9,12H,4-6H2,1-3H3,(H,17,18). The molecule has 0 radical (unpaired) electrons. The van der Waals surface area contributed by atoms with Gasteiger partial charge in [-0.3, -0.25) is 0 Å². The first-order chi connectivity index (χ1) is 9.02. The second kappa shape index (κ2) is 5.57. The maximum absolute atomic E-state index is 11.2. The minimum Gasteiger partial charge on any atom is -0.478 e. The molecule has 1 aliphatic rings. The highest BCUT2D eigenvalue weighted by Crippen LogP contribution is 2.24. The Balaban J connectivity index is 2.32. The third-order valence-electron chi connectivity index (χ3n) is 3.67. The molecule has 5 nitrogen and oxygen atoms in total. The lowest BCUT2D eigenvalue weighted by molar-refractivity contribution is 0.0696. The number of likely N-dealkylation sites (N-methyl/N-ethyl adjacent to an activating group) is 1. The van der Waals surface area contributed by atoms with Crippen LogP contribution in [0.1, 0.15) is 36.3 Å². The first-order valence-corrected chi connectivity index (χ1v) is 6.61. The van der Waals surface area contributed by atoms with Gasteiger partial charge in [-0.25, -0.2) is 9.78 Å². The summed E-state index contributed by atoms with van der Waals surface area (Å²) in [4.78, 5) is 17.7. The van der Waals surface area contributed by atoms with Gasteiger partial charge in [-0.2, -0.15) is 0 Å². The SMILES string of the molecule is CCc1cc(C(=O)O)cc(N(C)C2CCOC2C)n1. The maximum atomic E-state index is 11.2. The molecule has 2 heterocycles. The van der Waals surface area contributed by atoms with Crippen molar-refractivity contribution in [2.75, 3.05) is 18.6 Å². The Kier molecular flexibility index (Phi) is 4.04. The number of carboxylic acids is 1. The molecule has 0 aliphatic carbocycles. The largest absolute Gasteiger partial charge is 0.478 e. The van der Waals surface area contributed by atoms with Gasteiger partial charge in [0.2, 0.25) is 0 Å². The average molecular weight is 264 g/mol. The van der Waals surface area contributed by atoms with Gasteiger partial charge in [0.15, 0.2) is 0 Å². The van der Waals surface area contributed by atoms with Crippen LogP contribution in [0.4, 0.5) is 5.82 Å². The molecule has 0 amide bonds. The van der Waals surface area contributed by atoms with E-state index < -0.39 is 5.97 Å². The van der Waals surface area contributed by atoms with Crippen molar-refractivity contribution in [2.45, 2.75) is 38.8 Å². The van der Waals surface area contributed by atoms with E-state index in [2.05, 4.69) is 4.98 Å². The number of rotatable bonds is 4. The predicted octanol–water partition coefficient (Wildman–Crippen LogP) is 1.96. The van der Waals surface area contributed by atoms with E-state index in [1.54, 1.807) is 12.1 Å². The van der Waals surface area contributed by atoms with Crippen molar-refractivity contribution < 1.29 is 14.6 Å². The number of pyridine rings is 1. The molecule has 2 rings (SSSR count). The molecule has 1 aliphatic heterocycles. The molecule has 1 N–H and O–H groups in total. The second-order valence-electron chi connectivity index (χ2n) is 4.91. The van der Waals surface area contributed by atoms with E-state index in [0.717, 1.165) is 25.1 Å². The number of nitrogens with zero attached hydrogens (tertiary/aromatic N) is 2. The minimum atomic E-state index is -0.914. The lowest BCUT2D eigenvalue weighted by Crippen LogP contribution is -2.37. The molecule has 1 saturated heterocycles. The van der Waals surface area contributed by atoms with E-state index >= 15 is 0 Å². The van der Waals surface area contributed by atoms with E-state index in [9.17, 15) is 4.79 Å². The van der Waals surface area contributed by atoms with Crippen LogP contribution in [0.3, 0.4) is 0 Å². The smallest absolute Gasteiger partial charge is 0.335 e. The number of aromatic nitrogens is 1. The highest BCUT2D eigenvalue weighted by Gasteiger charge is 2.29. The Morgan fingerprint density at radius 2 is 2.32 bits per heavy atom. The first kappa shape index (κ1) is 13.8. The van der Waals surface area contributed by atoms with Crippen LogP contribution in [0.15, 0.2) is 12.1 Å². The van der Waals surface area contributed by atoms with Gasteiger partial charge in [-0.05, 0) is 31.9 Å². The van der Waals surface area contributed by atoms with Crippen LogP contribution in [0.2, 0.25) is 0 Å². The maximum Gasteiger partial charge on any atom is 0.335 e. The van der Waals surface area contributed by atoms with Gasteiger partial charge >= 0.3 is 5.97 Å². The fraction of sp³-hybridized carbons (Fsp3) is 0.571. The number of carboxylic acid groups (broad SMARTS) is 1. The molecule has 0 saturated carbocycles. The Labute approximate surface area is 113 Å². The van der Waals surface area contributed by atoms with Gasteiger partial charge in [0.05, 0.1) is 17.7 Å². The van der Waals surface area contributed by atoms with Gasteiger partial charge in [-0.15, -0.1) is 0 Å². The molecule has 19 heavy (non-hydrogen) atoms. The molecule has 104 valence electrons. The van der Waals surface area contributed by atoms with Gasteiger partial charge in [0.1, 0.15) is 5.82 Å². The number of carbonyl (C=O) groups is 1. The first-order valence-electron chi connectivity index (χ1n) is 6.61. The number of hydrogen-bond donors (Lipinski definition) is 1. The van der Waals surface area contributed by atoms with Crippen molar-refractivity contribution >= 4 is 11.8 Å². The zero-order valence-corrected chi connectivity index (χ0v) is 11.6. The van der Waals surface area contributed by atoms with Crippen LogP contribution in [0.25, 0.3) is 0 Å². The van der Waals surface area contributed by atoms with Crippen LogP contribution in [0, 0.1) is 0 Å². The monoisotopic (exact) mass is 264 g/mol. The third kappa shape index (κ3) is 2.87. The quantitative estimate of drug-likeness (QED) is 0.900. The van der Waals surface area contributed by atoms with E-state index in [-0.39, 0.29) is 12.1 Å². The Bertz CT molecular complexity index is 476. The predicted molar refractivity (Wildman–Crippen MR) is 72.8 cm³/mol. The molecule has 1 fully saturated rings. The number of hydrogen-bond acceptors (Lipinski definition) is 4. The topological polar surface area (TPSA) is 62.7 Å². The molecule has 2 unspecified atom stereocenters. The lowest BCUT2D eigenvalue weighted by atomic mass is 10.1. The van der Waals surface area contributed by atoms with Crippen LogP contribution < -0.4 is 4.90 Å². The van der Waals surface area contributed by atoms with E-state index in [4.69, 9.17) is 9.84 Å². The normalized spacial score (nSPS) is 22.5. The van der Waals surface area contributed by atoms with Gasteiger partial charge in [0.25, 0.3) is 0 Å². The molecular formula is C14H20N2O3. The van der Waals surface area contributed by atoms with E-state index in [1.165, 1.54) is 0 Å². The molecule has 5 heteroatoms. The van der Waals surface area contributed by atoms with E-state index in [1.807, 2.05) is 25.8 Å². The highest BCUT2D eigenvalue weighted by molar-refractivity contribution is 5.88. The fourth-order valence-electron chi connectivity index (χ4n) is 2.46. The summed E-state index contributed by atoms with van der Waals surface area (Å²) in [5, 5.41) is 9.16. The van der Waals surface area contributed by atoms with Crippen molar-refractivity contribution in [1.82, 2.24) is 4.98 Å². The average Bonchev–Trinajstić information content (AvgIpc) is 2.83. The van der Waals surface area contributed by atoms with Crippen molar-refractivity contribution in [3.63, 3.8) is 0 Å². The second-order valence-corrected chi connectivity index (χ2v) is 4.91. The number of ether oxygens (including phenoxy) is 1. The zero-order valence-electron chi connectivity index (χ0n) is 11.6. The molecule has 1 aromatic rings. The number of aryl methyl sites for hydroxylation is 1. The van der Waals surface area contributed by atoms with Crippen molar-refractivity contribution in [3.05, 3.63) is 23.4 Å².